The first kappa shape index (κ1) is 14.7. The maximum atomic E-state index is 12.2. The van der Waals surface area contributed by atoms with Crippen molar-refractivity contribution in [1.82, 2.24) is 15.0 Å². The summed E-state index contributed by atoms with van der Waals surface area (Å²) >= 11 is 0. The molecule has 0 unspecified atom stereocenters. The number of nitrogens with zero attached hydrogens (tertiary/aromatic N) is 3. The first-order valence-corrected chi connectivity index (χ1v) is 6.49. The number of nitrogens with two attached hydrogens (primary N) is 1. The van der Waals surface area contributed by atoms with Crippen LogP contribution in [-0.4, -0.2) is 28.0 Å². The fourth-order valence-corrected chi connectivity index (χ4v) is 1.80. The van der Waals surface area contributed by atoms with E-state index in [4.69, 9.17) is 10.5 Å². The Morgan fingerprint density at radius 1 is 1.29 bits per heavy atom. The average molecular weight is 287 g/mol. The van der Waals surface area contributed by atoms with Crippen LogP contribution in [0.4, 0.5) is 11.8 Å². The van der Waals surface area contributed by atoms with Gasteiger partial charge in [0.15, 0.2) is 0 Å². The highest BCUT2D eigenvalue weighted by Gasteiger charge is 2.11. The van der Waals surface area contributed by atoms with Crippen LogP contribution in [0.25, 0.3) is 0 Å². The zero-order valence-corrected chi connectivity index (χ0v) is 12.2. The van der Waals surface area contributed by atoms with Gasteiger partial charge in [0.1, 0.15) is 5.82 Å². The number of nitrogens with one attached hydrogen (secondary N) is 1. The van der Waals surface area contributed by atoms with Crippen molar-refractivity contribution in [3.8, 4) is 5.88 Å². The number of hydrogen-bond acceptors (Lipinski definition) is 6. The summed E-state index contributed by atoms with van der Waals surface area (Å²) in [6.45, 7) is 3.73. The van der Waals surface area contributed by atoms with Crippen molar-refractivity contribution in [3.63, 3.8) is 0 Å². The molecule has 0 aliphatic carbocycles. The number of nitrogen functional groups attached to an aromatic ring is 1. The van der Waals surface area contributed by atoms with E-state index in [1.54, 1.807) is 19.1 Å². The summed E-state index contributed by atoms with van der Waals surface area (Å²) in [7, 11) is 1.50. The number of rotatable bonds is 4. The molecule has 0 atom stereocenters. The number of aryl methyl sites for hydroxylation is 2. The molecule has 2 aromatic heterocycles. The van der Waals surface area contributed by atoms with Crippen molar-refractivity contribution in [3.05, 3.63) is 35.2 Å². The standard InChI is InChI=1S/C14H17N5O2/c1-4-10-6-9(7-11(15)17-10)13(20)19-14-16-8(2)5-12(18-14)21-3/h5-7H,4H2,1-3H3,(H2,15,17)(H,16,18,19,20). The van der Waals surface area contributed by atoms with Gasteiger partial charge in [-0.15, -0.1) is 0 Å². The molecule has 0 spiro atoms. The molecule has 2 rings (SSSR count). The molecule has 0 saturated heterocycles. The van der Waals surface area contributed by atoms with Crippen LogP contribution in [0.2, 0.25) is 0 Å². The van der Waals surface area contributed by atoms with Crippen molar-refractivity contribution in [1.29, 1.82) is 0 Å². The first-order chi connectivity index (χ1) is 10.0. The summed E-state index contributed by atoms with van der Waals surface area (Å²) < 4.78 is 5.05. The van der Waals surface area contributed by atoms with E-state index in [2.05, 4.69) is 20.3 Å². The summed E-state index contributed by atoms with van der Waals surface area (Å²) in [6, 6.07) is 4.88. The molecule has 110 valence electrons. The zero-order chi connectivity index (χ0) is 15.4. The number of aromatic nitrogens is 3. The van der Waals surface area contributed by atoms with E-state index in [9.17, 15) is 4.79 Å². The topological polar surface area (TPSA) is 103 Å². The minimum Gasteiger partial charge on any atom is -0.481 e. The van der Waals surface area contributed by atoms with Crippen LogP contribution in [0.15, 0.2) is 18.2 Å². The lowest BCUT2D eigenvalue weighted by Gasteiger charge is -2.08. The van der Waals surface area contributed by atoms with Crippen molar-refractivity contribution >= 4 is 17.7 Å². The molecule has 0 aliphatic rings. The minimum absolute atomic E-state index is 0.185. The molecule has 7 nitrogen and oxygen atoms in total. The van der Waals surface area contributed by atoms with Gasteiger partial charge in [-0.1, -0.05) is 6.92 Å². The molecule has 2 heterocycles. The second-order valence-electron chi connectivity index (χ2n) is 4.45. The summed E-state index contributed by atoms with van der Waals surface area (Å²) in [6.07, 6.45) is 0.695. The maximum Gasteiger partial charge on any atom is 0.258 e. The monoisotopic (exact) mass is 287 g/mol. The summed E-state index contributed by atoms with van der Waals surface area (Å²) in [5.41, 5.74) is 7.56. The zero-order valence-electron chi connectivity index (χ0n) is 12.2. The Kier molecular flexibility index (Phi) is 4.32. The lowest BCUT2D eigenvalue weighted by molar-refractivity contribution is 0.102. The van der Waals surface area contributed by atoms with E-state index < -0.39 is 0 Å². The van der Waals surface area contributed by atoms with Crippen molar-refractivity contribution in [2.45, 2.75) is 20.3 Å². The highest BCUT2D eigenvalue weighted by Crippen LogP contribution is 2.14. The van der Waals surface area contributed by atoms with Gasteiger partial charge < -0.3 is 10.5 Å². The second-order valence-corrected chi connectivity index (χ2v) is 4.45. The molecule has 2 aromatic rings. The van der Waals surface area contributed by atoms with Crippen LogP contribution in [0.3, 0.4) is 0 Å². The summed E-state index contributed by atoms with van der Waals surface area (Å²) in [4.78, 5) is 24.6. The Morgan fingerprint density at radius 2 is 2.05 bits per heavy atom. The lowest BCUT2D eigenvalue weighted by atomic mass is 10.2. The third kappa shape index (κ3) is 3.65. The van der Waals surface area contributed by atoms with Gasteiger partial charge in [0, 0.05) is 23.0 Å². The molecule has 0 saturated carbocycles. The van der Waals surface area contributed by atoms with Crippen LogP contribution < -0.4 is 15.8 Å². The van der Waals surface area contributed by atoms with E-state index >= 15 is 0 Å². The summed E-state index contributed by atoms with van der Waals surface area (Å²) in [5, 5.41) is 2.63. The number of carbonyl (C=O) groups excluding carboxylic acids is 1. The number of methoxy groups -OCH3 is 1. The first-order valence-electron chi connectivity index (χ1n) is 6.49. The average Bonchev–Trinajstić information content (AvgIpc) is 2.45. The molecule has 0 bridgehead atoms. The van der Waals surface area contributed by atoms with Crippen molar-refractivity contribution in [2.24, 2.45) is 0 Å². The summed E-state index contributed by atoms with van der Waals surface area (Å²) in [5.74, 6) is 0.542. The Bertz CT molecular complexity index is 672. The number of ether oxygens (including phenoxy) is 1. The molecule has 0 aliphatic heterocycles. The molecule has 0 aromatic carbocycles. The van der Waals surface area contributed by atoms with Crippen molar-refractivity contribution in [2.75, 3.05) is 18.2 Å². The van der Waals surface area contributed by atoms with Gasteiger partial charge in [-0.25, -0.2) is 9.97 Å². The number of carbonyl (C=O) groups is 1. The molecule has 0 radical (unpaired) electrons. The van der Waals surface area contributed by atoms with Gasteiger partial charge >= 0.3 is 0 Å². The van der Waals surface area contributed by atoms with Gasteiger partial charge in [-0.2, -0.15) is 4.98 Å². The van der Waals surface area contributed by atoms with E-state index in [-0.39, 0.29) is 11.9 Å². The predicted octanol–water partition coefficient (Wildman–Crippen LogP) is 1.59. The Labute approximate surface area is 122 Å². The van der Waals surface area contributed by atoms with Crippen LogP contribution >= 0.6 is 0 Å². The Balaban J connectivity index is 2.25. The fourth-order valence-electron chi connectivity index (χ4n) is 1.80. The number of amides is 1. The molecule has 7 heteroatoms. The number of anilines is 2. The maximum absolute atomic E-state index is 12.2. The van der Waals surface area contributed by atoms with Gasteiger partial charge in [0.05, 0.1) is 7.11 Å². The largest absolute Gasteiger partial charge is 0.481 e. The minimum atomic E-state index is -0.341. The fraction of sp³-hybridized carbons (Fsp3) is 0.286. The lowest BCUT2D eigenvalue weighted by Crippen LogP contribution is -2.16. The van der Waals surface area contributed by atoms with Gasteiger partial charge in [0.2, 0.25) is 11.8 Å². The predicted molar refractivity (Wildman–Crippen MR) is 79.3 cm³/mol. The van der Waals surface area contributed by atoms with Gasteiger partial charge in [-0.3, -0.25) is 10.1 Å². The highest BCUT2D eigenvalue weighted by atomic mass is 16.5. The van der Waals surface area contributed by atoms with E-state index in [0.29, 0.717) is 29.4 Å². The van der Waals surface area contributed by atoms with E-state index in [1.165, 1.54) is 13.2 Å². The Hall–Kier alpha value is -2.70. The molecule has 1 amide bonds. The van der Waals surface area contributed by atoms with Gasteiger partial charge in [0.25, 0.3) is 5.91 Å². The molecule has 3 N–H and O–H groups in total. The van der Waals surface area contributed by atoms with Gasteiger partial charge in [-0.05, 0) is 25.5 Å². The molecule has 0 fully saturated rings. The van der Waals surface area contributed by atoms with E-state index in [1.807, 2.05) is 6.92 Å². The normalized spacial score (nSPS) is 10.2. The van der Waals surface area contributed by atoms with Crippen LogP contribution in [0.5, 0.6) is 5.88 Å². The smallest absolute Gasteiger partial charge is 0.258 e. The molecular weight excluding hydrogens is 270 g/mol. The highest BCUT2D eigenvalue weighted by molar-refractivity contribution is 6.03. The van der Waals surface area contributed by atoms with Crippen LogP contribution in [0.1, 0.15) is 28.7 Å². The quantitative estimate of drug-likeness (QED) is 0.885. The molecule has 21 heavy (non-hydrogen) atoms. The van der Waals surface area contributed by atoms with Crippen LogP contribution in [-0.2, 0) is 6.42 Å². The van der Waals surface area contributed by atoms with Crippen LogP contribution in [0, 0.1) is 6.92 Å². The van der Waals surface area contributed by atoms with Crippen molar-refractivity contribution < 1.29 is 9.53 Å². The Morgan fingerprint density at radius 3 is 2.71 bits per heavy atom. The van der Waals surface area contributed by atoms with E-state index in [0.717, 1.165) is 5.69 Å². The third-order valence-corrected chi connectivity index (χ3v) is 2.79. The third-order valence-electron chi connectivity index (χ3n) is 2.79. The number of pyridine rings is 1. The SMILES string of the molecule is CCc1cc(C(=O)Nc2nc(C)cc(OC)n2)cc(N)n1. The molecular formula is C14H17N5O2. The second kappa shape index (κ2) is 6.17. The number of hydrogen-bond donors (Lipinski definition) is 2.